The quantitative estimate of drug-likeness (QED) is 0.538. The second-order valence-corrected chi connectivity index (χ2v) is 5.64. The topological polar surface area (TPSA) is 98.8 Å². The molecule has 21 heavy (non-hydrogen) atoms. The van der Waals surface area contributed by atoms with E-state index in [1.807, 2.05) is 0 Å². The lowest BCUT2D eigenvalue weighted by atomic mass is 10.1. The molecule has 6 heteroatoms. The Labute approximate surface area is 124 Å². The molecule has 1 aliphatic carbocycles. The number of likely N-dealkylation sites (N-methyl/N-ethyl adjacent to an activating group) is 1. The zero-order valence-corrected chi connectivity index (χ0v) is 12.2. The molecule has 1 fully saturated rings. The molecule has 0 radical (unpaired) electrons. The number of nitrogens with zero attached hydrogens (tertiary/aromatic N) is 1. The number of benzene rings is 1. The fraction of sp³-hybridized carbons (Fsp3) is 0.533. The highest BCUT2D eigenvalue weighted by Gasteiger charge is 2.25. The smallest absolute Gasteiger partial charge is 0.237 e. The summed E-state index contributed by atoms with van der Waals surface area (Å²) in [5.41, 5.74) is 6.57. The van der Waals surface area contributed by atoms with Gasteiger partial charge < -0.3 is 26.2 Å². The molecule has 1 saturated carbocycles. The van der Waals surface area contributed by atoms with Crippen LogP contribution in [0, 0.1) is 0 Å². The minimum absolute atomic E-state index is 0.181. The zero-order chi connectivity index (χ0) is 15.4. The van der Waals surface area contributed by atoms with Crippen LogP contribution in [0.1, 0.15) is 18.4 Å². The minimum Gasteiger partial charge on any atom is -0.504 e. The van der Waals surface area contributed by atoms with Crippen LogP contribution in [-0.2, 0) is 11.2 Å². The molecule has 2 rings (SSSR count). The summed E-state index contributed by atoms with van der Waals surface area (Å²) in [7, 11) is 2.06. The van der Waals surface area contributed by atoms with Gasteiger partial charge in [-0.25, -0.2) is 0 Å². The summed E-state index contributed by atoms with van der Waals surface area (Å²) in [5, 5.41) is 21.5. The van der Waals surface area contributed by atoms with E-state index in [9.17, 15) is 15.0 Å². The first-order valence-electron chi connectivity index (χ1n) is 7.21. The van der Waals surface area contributed by atoms with Gasteiger partial charge in [0.05, 0.1) is 6.04 Å². The first kappa shape index (κ1) is 15.6. The Balaban J connectivity index is 1.74. The molecule has 1 aromatic rings. The number of carbonyl (C=O) groups is 1. The van der Waals surface area contributed by atoms with Gasteiger partial charge >= 0.3 is 0 Å². The third kappa shape index (κ3) is 4.61. The van der Waals surface area contributed by atoms with Crippen LogP contribution in [0.15, 0.2) is 18.2 Å². The van der Waals surface area contributed by atoms with E-state index in [4.69, 9.17) is 5.73 Å². The molecule has 1 aliphatic rings. The summed E-state index contributed by atoms with van der Waals surface area (Å²) in [6.07, 6.45) is 2.81. The van der Waals surface area contributed by atoms with E-state index in [0.717, 1.165) is 6.54 Å². The van der Waals surface area contributed by atoms with E-state index in [1.54, 1.807) is 6.07 Å². The summed E-state index contributed by atoms with van der Waals surface area (Å²) in [5.74, 6) is -0.585. The Morgan fingerprint density at radius 2 is 2.14 bits per heavy atom. The third-order valence-corrected chi connectivity index (χ3v) is 3.77. The van der Waals surface area contributed by atoms with Gasteiger partial charge in [-0.1, -0.05) is 6.07 Å². The summed E-state index contributed by atoms with van der Waals surface area (Å²) < 4.78 is 0. The van der Waals surface area contributed by atoms with Gasteiger partial charge in [0.1, 0.15) is 0 Å². The predicted octanol–water partition coefficient (Wildman–Crippen LogP) is 0.178. The number of aromatic hydroxyl groups is 2. The van der Waals surface area contributed by atoms with Crippen molar-refractivity contribution in [1.29, 1.82) is 0 Å². The van der Waals surface area contributed by atoms with Crippen molar-refractivity contribution in [3.8, 4) is 11.5 Å². The van der Waals surface area contributed by atoms with E-state index in [2.05, 4.69) is 17.3 Å². The van der Waals surface area contributed by atoms with Crippen molar-refractivity contribution in [3.63, 3.8) is 0 Å². The lowest BCUT2D eigenvalue weighted by Gasteiger charge is -2.17. The van der Waals surface area contributed by atoms with Crippen LogP contribution in [-0.4, -0.2) is 53.2 Å². The molecule has 6 nitrogen and oxygen atoms in total. The first-order chi connectivity index (χ1) is 9.97. The van der Waals surface area contributed by atoms with E-state index in [-0.39, 0.29) is 17.4 Å². The monoisotopic (exact) mass is 293 g/mol. The van der Waals surface area contributed by atoms with Crippen LogP contribution < -0.4 is 11.1 Å². The lowest BCUT2D eigenvalue weighted by molar-refractivity contribution is -0.122. The third-order valence-electron chi connectivity index (χ3n) is 3.77. The van der Waals surface area contributed by atoms with Crippen molar-refractivity contribution in [2.24, 2.45) is 5.73 Å². The molecule has 0 saturated heterocycles. The van der Waals surface area contributed by atoms with Crippen molar-refractivity contribution < 1.29 is 15.0 Å². The van der Waals surface area contributed by atoms with Crippen LogP contribution in [0.25, 0.3) is 0 Å². The zero-order valence-electron chi connectivity index (χ0n) is 12.2. The SMILES string of the molecule is CN(CCNC(=O)[C@@H](N)Cc1ccc(O)c(O)c1)C1CC1. The first-order valence-corrected chi connectivity index (χ1v) is 7.21. The molecule has 1 amide bonds. The van der Waals surface area contributed by atoms with Crippen molar-refractivity contribution in [2.75, 3.05) is 20.1 Å². The predicted molar refractivity (Wildman–Crippen MR) is 80.1 cm³/mol. The molecule has 1 atom stereocenters. The van der Waals surface area contributed by atoms with Crippen molar-refractivity contribution in [2.45, 2.75) is 31.3 Å². The maximum absolute atomic E-state index is 11.9. The summed E-state index contributed by atoms with van der Waals surface area (Å²) in [6.45, 7) is 1.41. The minimum atomic E-state index is -0.667. The van der Waals surface area contributed by atoms with E-state index >= 15 is 0 Å². The second-order valence-electron chi connectivity index (χ2n) is 5.64. The standard InChI is InChI=1S/C15H23N3O3/c1-18(11-3-4-11)7-6-17-15(21)12(16)8-10-2-5-13(19)14(20)9-10/h2,5,9,11-12,19-20H,3-4,6-8,16H2,1H3,(H,17,21)/t12-/m0/s1. The van der Waals surface area contributed by atoms with E-state index in [1.165, 1.54) is 25.0 Å². The van der Waals surface area contributed by atoms with Crippen molar-refractivity contribution in [1.82, 2.24) is 10.2 Å². The van der Waals surface area contributed by atoms with Gasteiger partial charge in [-0.05, 0) is 44.0 Å². The van der Waals surface area contributed by atoms with Crippen molar-refractivity contribution >= 4 is 5.91 Å². The largest absolute Gasteiger partial charge is 0.504 e. The van der Waals surface area contributed by atoms with E-state index in [0.29, 0.717) is 24.6 Å². The number of phenols is 2. The Bertz CT molecular complexity index is 503. The highest BCUT2D eigenvalue weighted by atomic mass is 16.3. The molecule has 0 unspecified atom stereocenters. The molecule has 116 valence electrons. The molecule has 0 bridgehead atoms. The number of phenolic OH excluding ortho intramolecular Hbond substituents is 2. The fourth-order valence-electron chi connectivity index (χ4n) is 2.23. The van der Waals surface area contributed by atoms with E-state index < -0.39 is 6.04 Å². The molecule has 0 spiro atoms. The van der Waals surface area contributed by atoms with Gasteiger partial charge in [-0.3, -0.25) is 4.79 Å². The average molecular weight is 293 g/mol. The molecule has 5 N–H and O–H groups in total. The van der Waals surface area contributed by atoms with Gasteiger partial charge in [-0.2, -0.15) is 0 Å². The number of rotatable bonds is 7. The Morgan fingerprint density at radius 1 is 1.43 bits per heavy atom. The Morgan fingerprint density at radius 3 is 2.76 bits per heavy atom. The molecular weight excluding hydrogens is 270 g/mol. The second kappa shape index (κ2) is 6.78. The molecule has 0 aliphatic heterocycles. The van der Waals surface area contributed by atoms with Crippen LogP contribution >= 0.6 is 0 Å². The van der Waals surface area contributed by atoms with Gasteiger partial charge in [0.2, 0.25) is 5.91 Å². The van der Waals surface area contributed by atoms with Crippen LogP contribution in [0.5, 0.6) is 11.5 Å². The highest BCUT2D eigenvalue weighted by Crippen LogP contribution is 2.25. The average Bonchev–Trinajstić information content (AvgIpc) is 3.27. The van der Waals surface area contributed by atoms with Crippen LogP contribution in [0.2, 0.25) is 0 Å². The number of hydrogen-bond donors (Lipinski definition) is 4. The number of nitrogens with two attached hydrogens (primary N) is 1. The number of nitrogens with one attached hydrogen (secondary N) is 1. The molecule has 1 aromatic carbocycles. The molecular formula is C15H23N3O3. The van der Waals surface area contributed by atoms with Gasteiger partial charge in [-0.15, -0.1) is 0 Å². The van der Waals surface area contributed by atoms with Gasteiger partial charge in [0.15, 0.2) is 11.5 Å². The molecule has 0 heterocycles. The number of carbonyl (C=O) groups excluding carboxylic acids is 1. The molecule has 0 aromatic heterocycles. The van der Waals surface area contributed by atoms with Crippen LogP contribution in [0.3, 0.4) is 0 Å². The maximum atomic E-state index is 11.9. The Hall–Kier alpha value is -1.79. The fourth-order valence-corrected chi connectivity index (χ4v) is 2.23. The number of amides is 1. The summed E-state index contributed by atoms with van der Waals surface area (Å²) >= 11 is 0. The van der Waals surface area contributed by atoms with Gasteiger partial charge in [0, 0.05) is 19.1 Å². The Kier molecular flexibility index (Phi) is 5.03. The highest BCUT2D eigenvalue weighted by molar-refractivity contribution is 5.81. The van der Waals surface area contributed by atoms with Crippen molar-refractivity contribution in [3.05, 3.63) is 23.8 Å². The normalized spacial score (nSPS) is 16.0. The lowest BCUT2D eigenvalue weighted by Crippen LogP contribution is -2.44. The summed E-state index contributed by atoms with van der Waals surface area (Å²) in [4.78, 5) is 14.1. The maximum Gasteiger partial charge on any atom is 0.237 e. The van der Waals surface area contributed by atoms with Gasteiger partial charge in [0.25, 0.3) is 0 Å². The summed E-state index contributed by atoms with van der Waals surface area (Å²) in [6, 6.07) is 4.46. The van der Waals surface area contributed by atoms with Crippen LogP contribution in [0.4, 0.5) is 0 Å². The number of hydrogen-bond acceptors (Lipinski definition) is 5.